The molecule has 1 aromatic heterocycles. The van der Waals surface area contributed by atoms with Crippen LogP contribution in [0.1, 0.15) is 31.7 Å². The predicted molar refractivity (Wildman–Crippen MR) is 67.1 cm³/mol. The summed E-state index contributed by atoms with van der Waals surface area (Å²) in [7, 11) is 0. The number of hydrogen-bond acceptors (Lipinski definition) is 3. The third kappa shape index (κ3) is 4.99. The number of nitrogens with one attached hydrogen (secondary N) is 1. The van der Waals surface area contributed by atoms with Crippen LogP contribution in [0.4, 0.5) is 0 Å². The maximum Gasteiger partial charge on any atom is 0.326 e. The summed E-state index contributed by atoms with van der Waals surface area (Å²) >= 11 is 1.52. The molecule has 0 fully saturated rings. The van der Waals surface area contributed by atoms with E-state index in [2.05, 4.69) is 5.32 Å². The average molecular weight is 255 g/mol. The highest BCUT2D eigenvalue weighted by Crippen LogP contribution is 2.07. The molecule has 0 aliphatic heterocycles. The molecule has 0 radical (unpaired) electrons. The van der Waals surface area contributed by atoms with E-state index in [-0.39, 0.29) is 12.3 Å². The molecule has 1 heterocycles. The first-order chi connectivity index (χ1) is 8.13. The third-order valence-corrected chi connectivity index (χ3v) is 3.16. The van der Waals surface area contributed by atoms with Gasteiger partial charge >= 0.3 is 5.97 Å². The van der Waals surface area contributed by atoms with Gasteiger partial charge in [0.25, 0.3) is 0 Å². The second-order valence-electron chi connectivity index (χ2n) is 3.91. The summed E-state index contributed by atoms with van der Waals surface area (Å²) < 4.78 is 0. The summed E-state index contributed by atoms with van der Waals surface area (Å²) in [6, 6.07) is 1.10. The highest BCUT2D eigenvalue weighted by molar-refractivity contribution is 7.07. The van der Waals surface area contributed by atoms with Crippen LogP contribution < -0.4 is 5.32 Å². The second kappa shape index (κ2) is 7.06. The zero-order valence-electron chi connectivity index (χ0n) is 9.81. The highest BCUT2D eigenvalue weighted by Gasteiger charge is 2.19. The largest absolute Gasteiger partial charge is 0.480 e. The molecule has 0 aromatic carbocycles. The van der Waals surface area contributed by atoms with Gasteiger partial charge in [-0.25, -0.2) is 4.79 Å². The van der Waals surface area contributed by atoms with E-state index < -0.39 is 12.0 Å². The van der Waals surface area contributed by atoms with E-state index >= 15 is 0 Å². The number of rotatable bonds is 7. The molecule has 94 valence electrons. The molecule has 0 saturated heterocycles. The van der Waals surface area contributed by atoms with Crippen LogP contribution in [0.15, 0.2) is 16.8 Å². The SMILES string of the molecule is CCCCC(NC(=O)Cc1ccsc1)C(=O)O. The van der Waals surface area contributed by atoms with Crippen LogP contribution in [-0.4, -0.2) is 23.0 Å². The van der Waals surface area contributed by atoms with Crippen molar-refractivity contribution >= 4 is 23.2 Å². The summed E-state index contributed by atoms with van der Waals surface area (Å²) in [6.07, 6.45) is 2.46. The Morgan fingerprint density at radius 2 is 2.29 bits per heavy atom. The normalized spacial score (nSPS) is 12.1. The topological polar surface area (TPSA) is 66.4 Å². The van der Waals surface area contributed by atoms with Crippen LogP contribution in [0, 0.1) is 0 Å². The molecule has 0 aliphatic rings. The Bertz CT molecular complexity index is 362. The Morgan fingerprint density at radius 3 is 2.82 bits per heavy atom. The number of carbonyl (C=O) groups is 2. The maximum atomic E-state index is 11.6. The standard InChI is InChI=1S/C12H17NO3S/c1-2-3-4-10(12(15)16)13-11(14)7-9-5-6-17-8-9/h5-6,8,10H,2-4,7H2,1H3,(H,13,14)(H,15,16). The molecule has 17 heavy (non-hydrogen) atoms. The first-order valence-corrected chi connectivity index (χ1v) is 6.61. The highest BCUT2D eigenvalue weighted by atomic mass is 32.1. The molecule has 0 spiro atoms. The van der Waals surface area contributed by atoms with Crippen molar-refractivity contribution in [1.29, 1.82) is 0 Å². The molecule has 1 atom stereocenters. The quantitative estimate of drug-likeness (QED) is 0.783. The fourth-order valence-electron chi connectivity index (χ4n) is 1.49. The third-order valence-electron chi connectivity index (χ3n) is 2.42. The van der Waals surface area contributed by atoms with Crippen LogP contribution in [0.25, 0.3) is 0 Å². The van der Waals surface area contributed by atoms with Crippen molar-refractivity contribution in [3.8, 4) is 0 Å². The number of carboxylic acid groups (broad SMARTS) is 1. The lowest BCUT2D eigenvalue weighted by molar-refractivity contribution is -0.142. The van der Waals surface area contributed by atoms with Gasteiger partial charge in [0, 0.05) is 0 Å². The zero-order chi connectivity index (χ0) is 12.7. The van der Waals surface area contributed by atoms with E-state index in [0.29, 0.717) is 6.42 Å². The van der Waals surface area contributed by atoms with Crippen molar-refractivity contribution in [3.63, 3.8) is 0 Å². The van der Waals surface area contributed by atoms with Gasteiger partial charge in [-0.15, -0.1) is 0 Å². The van der Waals surface area contributed by atoms with Gasteiger partial charge in [-0.05, 0) is 28.8 Å². The minimum absolute atomic E-state index is 0.230. The van der Waals surface area contributed by atoms with Crippen molar-refractivity contribution in [2.45, 2.75) is 38.6 Å². The first kappa shape index (κ1) is 13.7. The Morgan fingerprint density at radius 1 is 1.53 bits per heavy atom. The molecule has 4 nitrogen and oxygen atoms in total. The van der Waals surface area contributed by atoms with E-state index in [1.807, 2.05) is 23.8 Å². The fourth-order valence-corrected chi connectivity index (χ4v) is 2.16. The van der Waals surface area contributed by atoms with Gasteiger partial charge < -0.3 is 10.4 Å². The lowest BCUT2D eigenvalue weighted by Gasteiger charge is -2.13. The zero-order valence-corrected chi connectivity index (χ0v) is 10.6. The number of thiophene rings is 1. The van der Waals surface area contributed by atoms with E-state index in [1.165, 1.54) is 11.3 Å². The Hall–Kier alpha value is -1.36. The number of amides is 1. The van der Waals surface area contributed by atoms with E-state index in [9.17, 15) is 9.59 Å². The minimum atomic E-state index is -0.961. The monoisotopic (exact) mass is 255 g/mol. The van der Waals surface area contributed by atoms with Crippen LogP contribution >= 0.6 is 11.3 Å². The van der Waals surface area contributed by atoms with Gasteiger partial charge in [-0.3, -0.25) is 4.79 Å². The summed E-state index contributed by atoms with van der Waals surface area (Å²) in [5, 5.41) is 15.3. The number of unbranched alkanes of at least 4 members (excludes halogenated alkanes) is 1. The van der Waals surface area contributed by atoms with Crippen molar-refractivity contribution < 1.29 is 14.7 Å². The van der Waals surface area contributed by atoms with Crippen molar-refractivity contribution in [2.75, 3.05) is 0 Å². The second-order valence-corrected chi connectivity index (χ2v) is 4.69. The smallest absolute Gasteiger partial charge is 0.326 e. The molecule has 0 bridgehead atoms. The number of hydrogen-bond donors (Lipinski definition) is 2. The van der Waals surface area contributed by atoms with E-state index in [1.54, 1.807) is 0 Å². The van der Waals surface area contributed by atoms with Crippen molar-refractivity contribution in [2.24, 2.45) is 0 Å². The van der Waals surface area contributed by atoms with E-state index in [4.69, 9.17) is 5.11 Å². The molecule has 1 aromatic rings. The molecule has 0 saturated carbocycles. The Labute approximate surface area is 105 Å². The van der Waals surface area contributed by atoms with Gasteiger partial charge in [0.1, 0.15) is 6.04 Å². The summed E-state index contributed by atoms with van der Waals surface area (Å²) in [6.45, 7) is 1.99. The van der Waals surface area contributed by atoms with Gasteiger partial charge in [-0.1, -0.05) is 19.8 Å². The predicted octanol–water partition coefficient (Wildman–Crippen LogP) is 2.05. The lowest BCUT2D eigenvalue weighted by atomic mass is 10.1. The summed E-state index contributed by atoms with van der Waals surface area (Å²) in [5.74, 6) is -1.19. The van der Waals surface area contributed by atoms with Crippen LogP contribution in [-0.2, 0) is 16.0 Å². The molecular weight excluding hydrogens is 238 g/mol. The molecular formula is C12H17NO3S. The van der Waals surface area contributed by atoms with Crippen molar-refractivity contribution in [1.82, 2.24) is 5.32 Å². The maximum absolute atomic E-state index is 11.6. The van der Waals surface area contributed by atoms with Gasteiger partial charge in [-0.2, -0.15) is 11.3 Å². The molecule has 0 aliphatic carbocycles. The minimum Gasteiger partial charge on any atom is -0.480 e. The molecule has 1 amide bonds. The van der Waals surface area contributed by atoms with Crippen LogP contribution in [0.5, 0.6) is 0 Å². The summed E-state index contributed by atoms with van der Waals surface area (Å²) in [4.78, 5) is 22.5. The van der Waals surface area contributed by atoms with Gasteiger partial charge in [0.05, 0.1) is 6.42 Å². The van der Waals surface area contributed by atoms with Gasteiger partial charge in [0.15, 0.2) is 0 Å². The van der Waals surface area contributed by atoms with Gasteiger partial charge in [0.2, 0.25) is 5.91 Å². The fraction of sp³-hybridized carbons (Fsp3) is 0.500. The number of carbonyl (C=O) groups excluding carboxylic acids is 1. The molecule has 1 rings (SSSR count). The lowest BCUT2D eigenvalue weighted by Crippen LogP contribution is -2.41. The van der Waals surface area contributed by atoms with Crippen LogP contribution in [0.2, 0.25) is 0 Å². The molecule has 1 unspecified atom stereocenters. The first-order valence-electron chi connectivity index (χ1n) is 5.66. The number of carboxylic acids is 1. The van der Waals surface area contributed by atoms with Crippen LogP contribution in [0.3, 0.4) is 0 Å². The van der Waals surface area contributed by atoms with Crippen molar-refractivity contribution in [3.05, 3.63) is 22.4 Å². The summed E-state index contributed by atoms with van der Waals surface area (Å²) in [5.41, 5.74) is 0.923. The Kier molecular flexibility index (Phi) is 5.69. The Balaban J connectivity index is 2.43. The molecule has 5 heteroatoms. The average Bonchev–Trinajstić information content (AvgIpc) is 2.76. The van der Waals surface area contributed by atoms with E-state index in [0.717, 1.165) is 18.4 Å². The number of aliphatic carboxylic acids is 1. The molecule has 2 N–H and O–H groups in total.